The van der Waals surface area contributed by atoms with E-state index in [1.54, 1.807) is 19.2 Å². The third-order valence-corrected chi connectivity index (χ3v) is 2.58. The van der Waals surface area contributed by atoms with Crippen LogP contribution in [0.1, 0.15) is 17.1 Å². The van der Waals surface area contributed by atoms with Crippen LogP contribution in [0.4, 0.5) is 0 Å². The van der Waals surface area contributed by atoms with Gasteiger partial charge >= 0.3 is 0 Å². The van der Waals surface area contributed by atoms with Gasteiger partial charge in [0.2, 0.25) is 5.88 Å². The Bertz CT molecular complexity index is 542. The Hall–Kier alpha value is -2.14. The fourth-order valence-electron chi connectivity index (χ4n) is 1.78. The van der Waals surface area contributed by atoms with E-state index in [1.807, 2.05) is 26.0 Å². The molecule has 0 aliphatic rings. The first kappa shape index (κ1) is 13.3. The molecule has 19 heavy (non-hydrogen) atoms. The maximum atomic E-state index is 5.74. The Labute approximate surface area is 112 Å². The summed E-state index contributed by atoms with van der Waals surface area (Å²) >= 11 is 0. The average molecular weight is 259 g/mol. The maximum absolute atomic E-state index is 5.74. The van der Waals surface area contributed by atoms with Crippen LogP contribution in [0.25, 0.3) is 0 Å². The molecule has 0 radical (unpaired) electrons. The average Bonchev–Trinajstić information content (AvgIpc) is 2.37. The van der Waals surface area contributed by atoms with E-state index >= 15 is 0 Å². The van der Waals surface area contributed by atoms with Gasteiger partial charge in [0.1, 0.15) is 17.3 Å². The predicted octanol–water partition coefficient (Wildman–Crippen LogP) is 2.35. The van der Waals surface area contributed by atoms with E-state index in [0.29, 0.717) is 29.7 Å². The molecule has 1 aromatic heterocycles. The number of hydrogen-bond acceptors (Lipinski definition) is 5. The summed E-state index contributed by atoms with van der Waals surface area (Å²) in [6, 6.07) is 7.33. The van der Waals surface area contributed by atoms with Gasteiger partial charge in [0.15, 0.2) is 0 Å². The van der Waals surface area contributed by atoms with Gasteiger partial charge in [-0.3, -0.25) is 0 Å². The van der Waals surface area contributed by atoms with Crippen molar-refractivity contribution in [1.29, 1.82) is 0 Å². The molecule has 0 saturated heterocycles. The van der Waals surface area contributed by atoms with Crippen molar-refractivity contribution in [2.75, 3.05) is 7.11 Å². The van der Waals surface area contributed by atoms with Crippen molar-refractivity contribution in [2.24, 2.45) is 5.73 Å². The van der Waals surface area contributed by atoms with E-state index < -0.39 is 0 Å². The minimum Gasteiger partial charge on any atom is -0.497 e. The number of ether oxygens (including phenoxy) is 2. The standard InChI is InChI=1S/C14H17N3O2/c1-9-4-14(17-10(2)16-9)19-13-6-11(8-15)5-12(7-13)18-3/h4-7H,8,15H2,1-3H3. The molecular formula is C14H17N3O2. The summed E-state index contributed by atoms with van der Waals surface area (Å²) in [5.41, 5.74) is 7.45. The van der Waals surface area contributed by atoms with Crippen LogP contribution in [0, 0.1) is 13.8 Å². The molecule has 5 heteroatoms. The van der Waals surface area contributed by atoms with Crippen LogP contribution in [0.2, 0.25) is 0 Å². The molecule has 0 amide bonds. The zero-order valence-electron chi connectivity index (χ0n) is 11.3. The lowest BCUT2D eigenvalue weighted by Gasteiger charge is -2.09. The van der Waals surface area contributed by atoms with Gasteiger partial charge in [-0.15, -0.1) is 0 Å². The minimum absolute atomic E-state index is 0.426. The Morgan fingerprint density at radius 3 is 2.42 bits per heavy atom. The molecule has 0 unspecified atom stereocenters. The molecule has 2 rings (SSSR count). The van der Waals surface area contributed by atoms with Gasteiger partial charge in [0.25, 0.3) is 0 Å². The highest BCUT2D eigenvalue weighted by Gasteiger charge is 2.05. The van der Waals surface area contributed by atoms with Crippen molar-refractivity contribution in [3.63, 3.8) is 0 Å². The van der Waals surface area contributed by atoms with Crippen molar-refractivity contribution in [2.45, 2.75) is 20.4 Å². The molecule has 5 nitrogen and oxygen atoms in total. The Morgan fingerprint density at radius 1 is 1.05 bits per heavy atom. The first-order valence-electron chi connectivity index (χ1n) is 5.99. The third-order valence-electron chi connectivity index (χ3n) is 2.58. The molecule has 0 saturated carbocycles. The van der Waals surface area contributed by atoms with Gasteiger partial charge in [0, 0.05) is 24.4 Å². The lowest BCUT2D eigenvalue weighted by Crippen LogP contribution is -1.99. The van der Waals surface area contributed by atoms with E-state index in [2.05, 4.69) is 9.97 Å². The molecule has 1 heterocycles. The van der Waals surface area contributed by atoms with Crippen LogP contribution in [-0.2, 0) is 6.54 Å². The highest BCUT2D eigenvalue weighted by molar-refractivity contribution is 5.40. The normalized spacial score (nSPS) is 10.3. The smallest absolute Gasteiger partial charge is 0.222 e. The second-order valence-corrected chi connectivity index (χ2v) is 4.22. The van der Waals surface area contributed by atoms with Gasteiger partial charge in [-0.2, -0.15) is 4.98 Å². The topological polar surface area (TPSA) is 70.3 Å². The summed E-state index contributed by atoms with van der Waals surface area (Å²) in [5, 5.41) is 0. The Kier molecular flexibility index (Phi) is 3.97. The Balaban J connectivity index is 2.31. The van der Waals surface area contributed by atoms with E-state index in [0.717, 1.165) is 11.3 Å². The molecule has 2 aromatic rings. The molecule has 1 aromatic carbocycles. The third kappa shape index (κ3) is 3.42. The highest BCUT2D eigenvalue weighted by atomic mass is 16.5. The molecule has 0 atom stereocenters. The number of benzene rings is 1. The predicted molar refractivity (Wildman–Crippen MR) is 72.5 cm³/mol. The second kappa shape index (κ2) is 5.67. The quantitative estimate of drug-likeness (QED) is 0.912. The van der Waals surface area contributed by atoms with Crippen molar-refractivity contribution in [3.8, 4) is 17.4 Å². The van der Waals surface area contributed by atoms with Crippen molar-refractivity contribution < 1.29 is 9.47 Å². The molecule has 2 N–H and O–H groups in total. The van der Waals surface area contributed by atoms with Gasteiger partial charge in [-0.1, -0.05) is 0 Å². The number of methoxy groups -OCH3 is 1. The zero-order chi connectivity index (χ0) is 13.8. The van der Waals surface area contributed by atoms with Gasteiger partial charge in [0.05, 0.1) is 7.11 Å². The fraction of sp³-hybridized carbons (Fsp3) is 0.286. The van der Waals surface area contributed by atoms with E-state index in [-0.39, 0.29) is 0 Å². The SMILES string of the molecule is COc1cc(CN)cc(Oc2cc(C)nc(C)n2)c1. The second-order valence-electron chi connectivity index (χ2n) is 4.22. The summed E-state index contributed by atoms with van der Waals surface area (Å²) in [6.07, 6.45) is 0. The summed E-state index contributed by atoms with van der Waals surface area (Å²) in [6.45, 7) is 4.16. The summed E-state index contributed by atoms with van der Waals surface area (Å²) < 4.78 is 11.0. The number of hydrogen-bond donors (Lipinski definition) is 1. The maximum Gasteiger partial charge on any atom is 0.222 e. The summed E-state index contributed by atoms with van der Waals surface area (Å²) in [7, 11) is 1.61. The molecule has 0 fully saturated rings. The summed E-state index contributed by atoms with van der Waals surface area (Å²) in [4.78, 5) is 8.44. The lowest BCUT2D eigenvalue weighted by atomic mass is 10.2. The minimum atomic E-state index is 0.426. The lowest BCUT2D eigenvalue weighted by molar-refractivity contribution is 0.406. The first-order valence-corrected chi connectivity index (χ1v) is 5.99. The van der Waals surface area contributed by atoms with Gasteiger partial charge in [-0.05, 0) is 31.5 Å². The zero-order valence-corrected chi connectivity index (χ0v) is 11.3. The highest BCUT2D eigenvalue weighted by Crippen LogP contribution is 2.26. The van der Waals surface area contributed by atoms with Crippen molar-refractivity contribution in [3.05, 3.63) is 41.3 Å². The molecule has 0 spiro atoms. The van der Waals surface area contributed by atoms with E-state index in [1.165, 1.54) is 0 Å². The monoisotopic (exact) mass is 259 g/mol. The number of nitrogens with zero attached hydrogens (tertiary/aromatic N) is 2. The largest absolute Gasteiger partial charge is 0.497 e. The van der Waals surface area contributed by atoms with Crippen LogP contribution < -0.4 is 15.2 Å². The first-order chi connectivity index (χ1) is 9.10. The molecule has 0 aliphatic carbocycles. The summed E-state index contributed by atoms with van der Waals surface area (Å²) in [5.74, 6) is 2.55. The van der Waals surface area contributed by atoms with E-state index in [9.17, 15) is 0 Å². The molecular weight excluding hydrogens is 242 g/mol. The van der Waals surface area contributed by atoms with Crippen LogP contribution in [0.3, 0.4) is 0 Å². The number of aromatic nitrogens is 2. The number of nitrogens with two attached hydrogens (primary N) is 1. The fourth-order valence-corrected chi connectivity index (χ4v) is 1.78. The number of rotatable bonds is 4. The van der Waals surface area contributed by atoms with Crippen LogP contribution in [0.15, 0.2) is 24.3 Å². The van der Waals surface area contributed by atoms with Crippen molar-refractivity contribution in [1.82, 2.24) is 9.97 Å². The Morgan fingerprint density at radius 2 is 1.79 bits per heavy atom. The van der Waals surface area contributed by atoms with Crippen molar-refractivity contribution >= 4 is 0 Å². The van der Waals surface area contributed by atoms with Gasteiger partial charge in [-0.25, -0.2) is 4.98 Å². The molecule has 0 aliphatic heterocycles. The van der Waals surface area contributed by atoms with Crippen LogP contribution in [0.5, 0.6) is 17.4 Å². The number of aryl methyl sites for hydroxylation is 2. The van der Waals surface area contributed by atoms with E-state index in [4.69, 9.17) is 15.2 Å². The molecule has 0 bridgehead atoms. The molecule has 100 valence electrons. The van der Waals surface area contributed by atoms with Crippen LogP contribution >= 0.6 is 0 Å². The van der Waals surface area contributed by atoms with Crippen LogP contribution in [-0.4, -0.2) is 17.1 Å². The van der Waals surface area contributed by atoms with Gasteiger partial charge < -0.3 is 15.2 Å².